The number of hydrogen-bond donors (Lipinski definition) is 2. The van der Waals surface area contributed by atoms with E-state index in [0.717, 1.165) is 62.9 Å². The molecule has 1 aromatic rings. The van der Waals surface area contributed by atoms with Gasteiger partial charge in [0.15, 0.2) is 0 Å². The molecule has 5 heteroatoms. The minimum absolute atomic E-state index is 0.0173. The van der Waals surface area contributed by atoms with Gasteiger partial charge in [-0.2, -0.15) is 0 Å². The number of hydrogen-bond acceptors (Lipinski definition) is 3. The molecular formula is C21H28N2O3. The lowest BCUT2D eigenvalue weighted by molar-refractivity contribution is -0.136. The van der Waals surface area contributed by atoms with E-state index >= 15 is 0 Å². The van der Waals surface area contributed by atoms with E-state index in [4.69, 9.17) is 4.74 Å². The molecule has 4 fully saturated rings. The van der Waals surface area contributed by atoms with Crippen LogP contribution in [-0.2, 0) is 6.42 Å². The summed E-state index contributed by atoms with van der Waals surface area (Å²) in [4.78, 5) is 15.0. The lowest BCUT2D eigenvalue weighted by atomic mass is 9.52. The molecule has 0 radical (unpaired) electrons. The van der Waals surface area contributed by atoms with E-state index in [1.165, 1.54) is 5.56 Å². The van der Waals surface area contributed by atoms with Gasteiger partial charge in [-0.15, -0.1) is 0 Å². The molecule has 6 rings (SSSR count). The first-order chi connectivity index (χ1) is 12.5. The second-order valence-corrected chi connectivity index (χ2v) is 8.92. The van der Waals surface area contributed by atoms with Crippen LogP contribution >= 0.6 is 0 Å². The van der Waals surface area contributed by atoms with Crippen molar-refractivity contribution in [1.82, 2.24) is 5.32 Å². The van der Waals surface area contributed by atoms with Crippen molar-refractivity contribution in [3.63, 3.8) is 0 Å². The minimum Gasteiger partial charge on any atom is -0.497 e. The van der Waals surface area contributed by atoms with Gasteiger partial charge in [0.2, 0.25) is 0 Å². The Labute approximate surface area is 154 Å². The number of ether oxygens (including phenoxy) is 1. The molecule has 2 amide bonds. The van der Waals surface area contributed by atoms with Gasteiger partial charge in [0.25, 0.3) is 0 Å². The summed E-state index contributed by atoms with van der Waals surface area (Å²) in [7, 11) is 1.66. The smallest absolute Gasteiger partial charge is 0.322 e. The topological polar surface area (TPSA) is 61.8 Å². The largest absolute Gasteiger partial charge is 0.497 e. The summed E-state index contributed by atoms with van der Waals surface area (Å²) in [6.07, 6.45) is 7.01. The molecule has 1 aliphatic heterocycles. The third-order valence-electron chi connectivity index (χ3n) is 7.19. The van der Waals surface area contributed by atoms with Gasteiger partial charge in [0.05, 0.1) is 18.4 Å². The molecule has 4 saturated carbocycles. The summed E-state index contributed by atoms with van der Waals surface area (Å²) in [6.45, 7) is 0.751. The number of carbonyl (C=O) groups excluding carboxylic acids is 1. The zero-order valence-electron chi connectivity index (χ0n) is 15.4. The van der Waals surface area contributed by atoms with Crippen LogP contribution in [0.15, 0.2) is 18.2 Å². The number of nitrogens with one attached hydrogen (secondary N) is 1. The van der Waals surface area contributed by atoms with Gasteiger partial charge >= 0.3 is 6.03 Å². The summed E-state index contributed by atoms with van der Waals surface area (Å²) >= 11 is 0. The number of aryl methyl sites for hydroxylation is 1. The molecule has 5 aliphatic rings. The number of aliphatic hydroxyl groups is 1. The van der Waals surface area contributed by atoms with Crippen LogP contribution in [0.3, 0.4) is 0 Å². The van der Waals surface area contributed by atoms with Crippen LogP contribution < -0.4 is 15.0 Å². The SMILES string of the molecule is COc1ccc2c(c1)N(C(=O)N[C@H]1C3CC4CC1C[C@](O)(C4)C3)CCC2. The predicted octanol–water partition coefficient (Wildman–Crippen LogP) is 3.10. The van der Waals surface area contributed by atoms with Gasteiger partial charge in [0.1, 0.15) is 5.75 Å². The average molecular weight is 356 g/mol. The molecule has 0 saturated heterocycles. The number of urea groups is 1. The highest BCUT2D eigenvalue weighted by Gasteiger charge is 2.55. The Morgan fingerprint density at radius 3 is 2.73 bits per heavy atom. The third-order valence-corrected chi connectivity index (χ3v) is 7.19. The fourth-order valence-electron chi connectivity index (χ4n) is 6.33. The van der Waals surface area contributed by atoms with Crippen molar-refractivity contribution in [2.24, 2.45) is 17.8 Å². The molecular weight excluding hydrogens is 328 g/mol. The van der Waals surface area contributed by atoms with Crippen LogP contribution in [0.25, 0.3) is 0 Å². The van der Waals surface area contributed by atoms with Gasteiger partial charge in [-0.25, -0.2) is 4.79 Å². The van der Waals surface area contributed by atoms with E-state index < -0.39 is 5.60 Å². The Balaban J connectivity index is 1.36. The van der Waals surface area contributed by atoms with E-state index in [1.54, 1.807) is 7.11 Å². The Morgan fingerprint density at radius 1 is 1.27 bits per heavy atom. The number of rotatable bonds is 2. The van der Waals surface area contributed by atoms with Crippen LogP contribution in [0.5, 0.6) is 5.75 Å². The second kappa shape index (κ2) is 5.88. The highest BCUT2D eigenvalue weighted by molar-refractivity contribution is 5.93. The van der Waals surface area contributed by atoms with Gasteiger partial charge in [-0.05, 0) is 74.3 Å². The van der Waals surface area contributed by atoms with Gasteiger partial charge in [-0.3, -0.25) is 4.90 Å². The van der Waals surface area contributed by atoms with E-state index in [2.05, 4.69) is 11.4 Å². The summed E-state index contributed by atoms with van der Waals surface area (Å²) in [5, 5.41) is 14.1. The first-order valence-corrected chi connectivity index (χ1v) is 10.0. The van der Waals surface area contributed by atoms with Crippen molar-refractivity contribution < 1.29 is 14.6 Å². The van der Waals surface area contributed by atoms with Crippen molar-refractivity contribution in [2.45, 2.75) is 56.6 Å². The number of benzene rings is 1. The summed E-state index contributed by atoms with van der Waals surface area (Å²) in [5.41, 5.74) is 1.74. The maximum absolute atomic E-state index is 13.1. The lowest BCUT2D eigenvalue weighted by Gasteiger charge is -2.58. The zero-order valence-corrected chi connectivity index (χ0v) is 15.4. The highest BCUT2D eigenvalue weighted by atomic mass is 16.5. The summed E-state index contributed by atoms with van der Waals surface area (Å²) in [6, 6.07) is 6.26. The Bertz CT molecular complexity index is 718. The van der Waals surface area contributed by atoms with Crippen LogP contribution in [-0.4, -0.2) is 36.4 Å². The van der Waals surface area contributed by atoms with Crippen LogP contribution in [0, 0.1) is 17.8 Å². The van der Waals surface area contributed by atoms with E-state index in [1.807, 2.05) is 17.0 Å². The van der Waals surface area contributed by atoms with Crippen LogP contribution in [0.4, 0.5) is 10.5 Å². The highest BCUT2D eigenvalue weighted by Crippen LogP contribution is 2.55. The van der Waals surface area contributed by atoms with Gasteiger partial charge in [0, 0.05) is 18.7 Å². The lowest BCUT2D eigenvalue weighted by Crippen LogP contribution is -2.63. The predicted molar refractivity (Wildman–Crippen MR) is 99.5 cm³/mol. The van der Waals surface area contributed by atoms with Crippen molar-refractivity contribution >= 4 is 11.7 Å². The van der Waals surface area contributed by atoms with Crippen LogP contribution in [0.1, 0.15) is 44.1 Å². The van der Waals surface area contributed by atoms with Gasteiger partial charge in [-0.1, -0.05) is 6.07 Å². The second-order valence-electron chi connectivity index (χ2n) is 8.92. The fraction of sp³-hybridized carbons (Fsp3) is 0.667. The molecule has 26 heavy (non-hydrogen) atoms. The number of methoxy groups -OCH3 is 1. The number of amides is 2. The Morgan fingerprint density at radius 2 is 2.04 bits per heavy atom. The minimum atomic E-state index is -0.456. The Kier molecular flexibility index (Phi) is 3.71. The molecule has 2 unspecified atom stereocenters. The molecule has 140 valence electrons. The average Bonchev–Trinajstić information content (AvgIpc) is 2.62. The number of fused-ring (bicyclic) bond motifs is 1. The molecule has 2 N–H and O–H groups in total. The first kappa shape index (κ1) is 16.4. The number of anilines is 1. The molecule has 1 heterocycles. The summed E-state index contributed by atoms with van der Waals surface area (Å²) < 4.78 is 5.36. The van der Waals surface area contributed by atoms with E-state index in [-0.39, 0.29) is 12.1 Å². The quantitative estimate of drug-likeness (QED) is 0.856. The molecule has 1 aromatic carbocycles. The molecule has 4 aliphatic carbocycles. The Hall–Kier alpha value is -1.75. The fourth-order valence-corrected chi connectivity index (χ4v) is 6.33. The van der Waals surface area contributed by atoms with Gasteiger partial charge < -0.3 is 15.2 Å². The zero-order chi connectivity index (χ0) is 17.9. The molecule has 5 nitrogen and oxygen atoms in total. The maximum Gasteiger partial charge on any atom is 0.322 e. The number of carbonyl (C=O) groups is 1. The molecule has 0 spiro atoms. The van der Waals surface area contributed by atoms with E-state index in [0.29, 0.717) is 17.8 Å². The molecule has 0 aromatic heterocycles. The van der Waals surface area contributed by atoms with Crippen molar-refractivity contribution in [2.75, 3.05) is 18.6 Å². The number of nitrogens with zero attached hydrogens (tertiary/aromatic N) is 1. The van der Waals surface area contributed by atoms with Crippen molar-refractivity contribution in [1.29, 1.82) is 0 Å². The molecule has 4 bridgehead atoms. The molecule has 2 atom stereocenters. The standard InChI is InChI=1S/C21H28N2O3/c1-26-17-5-4-14-3-2-6-23(18(14)9-17)20(24)22-19-15-7-13-8-16(19)12-21(25,10-13)11-15/h4-5,9,13,15-16,19,25H,2-3,6-8,10-12H2,1H3,(H,22,24)/t13?,15?,16?,19-,21-. The van der Waals surface area contributed by atoms with Crippen LogP contribution in [0.2, 0.25) is 0 Å². The third kappa shape index (κ3) is 2.59. The van der Waals surface area contributed by atoms with Crippen molar-refractivity contribution in [3.05, 3.63) is 23.8 Å². The first-order valence-electron chi connectivity index (χ1n) is 10.0. The monoisotopic (exact) mass is 356 g/mol. The van der Waals surface area contributed by atoms with E-state index in [9.17, 15) is 9.90 Å². The summed E-state index contributed by atoms with van der Waals surface area (Å²) in [5.74, 6) is 2.32. The van der Waals surface area contributed by atoms with Crippen molar-refractivity contribution in [3.8, 4) is 5.75 Å². The normalized spacial score (nSPS) is 37.4. The maximum atomic E-state index is 13.1.